The van der Waals surface area contributed by atoms with Crippen molar-refractivity contribution in [3.05, 3.63) is 65.6 Å². The van der Waals surface area contributed by atoms with Gasteiger partial charge in [0, 0.05) is 16.6 Å². The Hall–Kier alpha value is -2.22. The fourth-order valence-electron chi connectivity index (χ4n) is 3.43. The Labute approximate surface area is 144 Å². The number of nitrogens with one attached hydrogen (secondary N) is 1. The maximum absolute atomic E-state index is 13.1. The highest BCUT2D eigenvalue weighted by molar-refractivity contribution is 7.89. The summed E-state index contributed by atoms with van der Waals surface area (Å²) >= 11 is 0. The molecular weight excluding hydrogens is 343 g/mol. The molecule has 0 saturated carbocycles. The largest absolute Gasteiger partial charge is 0.395 e. The number of aliphatic hydroxyl groups is 1. The molecule has 0 saturated heterocycles. The zero-order valence-corrected chi connectivity index (χ0v) is 14.1. The molecule has 1 aliphatic rings. The fourth-order valence-corrected chi connectivity index (χ4v) is 5.01. The van der Waals surface area contributed by atoms with Crippen LogP contribution >= 0.6 is 0 Å². The molecule has 130 valence electrons. The predicted molar refractivity (Wildman–Crippen MR) is 92.0 cm³/mol. The molecule has 5 nitrogen and oxygen atoms in total. The number of sulfonamides is 1. The van der Waals surface area contributed by atoms with Gasteiger partial charge in [0.15, 0.2) is 0 Å². The number of aliphatic hydroxyl groups excluding tert-OH is 1. The molecular formula is C18H17FN2O3S. The number of para-hydroxylation sites is 1. The summed E-state index contributed by atoms with van der Waals surface area (Å²) < 4.78 is 40.4. The van der Waals surface area contributed by atoms with E-state index >= 15 is 0 Å². The van der Waals surface area contributed by atoms with Crippen molar-refractivity contribution in [1.82, 2.24) is 9.29 Å². The van der Waals surface area contributed by atoms with Gasteiger partial charge in [0.25, 0.3) is 0 Å². The Morgan fingerprint density at radius 3 is 2.60 bits per heavy atom. The van der Waals surface area contributed by atoms with Crippen LogP contribution in [0.15, 0.2) is 53.4 Å². The predicted octanol–water partition coefficient (Wildman–Crippen LogP) is 2.41. The van der Waals surface area contributed by atoms with E-state index in [1.54, 1.807) is 0 Å². The second-order valence-electron chi connectivity index (χ2n) is 6.17. The van der Waals surface area contributed by atoms with E-state index in [9.17, 15) is 17.9 Å². The molecule has 0 radical (unpaired) electrons. The molecule has 1 aliphatic heterocycles. The molecule has 1 unspecified atom stereocenters. The van der Waals surface area contributed by atoms with E-state index in [0.717, 1.165) is 34.3 Å². The van der Waals surface area contributed by atoms with Crippen molar-refractivity contribution in [2.24, 2.45) is 0 Å². The number of hydrogen-bond donors (Lipinski definition) is 2. The van der Waals surface area contributed by atoms with Gasteiger partial charge in [-0.3, -0.25) is 0 Å². The highest BCUT2D eigenvalue weighted by atomic mass is 32.2. The van der Waals surface area contributed by atoms with Crippen LogP contribution in [0.25, 0.3) is 10.9 Å². The molecule has 7 heteroatoms. The molecule has 2 heterocycles. The minimum absolute atomic E-state index is 0.0203. The van der Waals surface area contributed by atoms with Crippen LogP contribution in [0, 0.1) is 5.82 Å². The maximum Gasteiger partial charge on any atom is 0.243 e. The van der Waals surface area contributed by atoms with Crippen LogP contribution in [-0.2, 0) is 23.0 Å². The van der Waals surface area contributed by atoms with Crippen LogP contribution in [0.2, 0.25) is 0 Å². The Kier molecular flexibility index (Phi) is 3.87. The van der Waals surface area contributed by atoms with Gasteiger partial charge in [-0.05, 0) is 42.3 Å². The van der Waals surface area contributed by atoms with Gasteiger partial charge in [-0.15, -0.1) is 0 Å². The topological polar surface area (TPSA) is 73.4 Å². The molecule has 2 N–H and O–H groups in total. The quantitative estimate of drug-likeness (QED) is 0.753. The number of nitrogens with zero attached hydrogens (tertiary/aromatic N) is 1. The van der Waals surface area contributed by atoms with Crippen molar-refractivity contribution in [1.29, 1.82) is 0 Å². The van der Waals surface area contributed by atoms with E-state index < -0.39 is 21.9 Å². The average molecular weight is 360 g/mol. The number of halogens is 1. The van der Waals surface area contributed by atoms with Crippen molar-refractivity contribution in [2.75, 3.05) is 6.61 Å². The van der Waals surface area contributed by atoms with Gasteiger partial charge >= 0.3 is 0 Å². The van der Waals surface area contributed by atoms with Crippen molar-refractivity contribution >= 4 is 20.9 Å². The van der Waals surface area contributed by atoms with Crippen molar-refractivity contribution < 1.29 is 17.9 Å². The summed E-state index contributed by atoms with van der Waals surface area (Å²) in [4.78, 5) is 3.30. The second kappa shape index (κ2) is 5.94. The van der Waals surface area contributed by atoms with E-state index in [0.29, 0.717) is 6.42 Å². The highest BCUT2D eigenvalue weighted by Crippen LogP contribution is 2.33. The fraction of sp³-hybridized carbons (Fsp3) is 0.222. The smallest absolute Gasteiger partial charge is 0.243 e. The van der Waals surface area contributed by atoms with Gasteiger partial charge in [0.1, 0.15) is 5.82 Å². The number of H-pyrrole nitrogens is 1. The normalized spacial score (nSPS) is 18.4. The third-order valence-corrected chi connectivity index (χ3v) is 6.61. The van der Waals surface area contributed by atoms with Crippen LogP contribution in [0.5, 0.6) is 0 Å². The summed E-state index contributed by atoms with van der Waals surface area (Å²) in [6, 6.07) is 12.0. The van der Waals surface area contributed by atoms with Gasteiger partial charge in [-0.25, -0.2) is 12.8 Å². The highest BCUT2D eigenvalue weighted by Gasteiger charge is 2.36. The third-order valence-electron chi connectivity index (χ3n) is 4.69. The second-order valence-corrected chi connectivity index (χ2v) is 8.06. The standard InChI is InChI=1S/C18H17FN2O3S/c19-12-5-7-14(8-6-12)25(23,24)21-10-18-16(9-13(21)11-22)15-3-1-2-4-17(15)20-18/h1-8,13,20,22H,9-11H2. The minimum atomic E-state index is -3.83. The lowest BCUT2D eigenvalue weighted by atomic mass is 9.99. The summed E-state index contributed by atoms with van der Waals surface area (Å²) in [6.45, 7) is -0.131. The molecule has 0 spiro atoms. The number of benzene rings is 2. The Bertz CT molecular complexity index is 1030. The van der Waals surface area contributed by atoms with Crippen LogP contribution in [-0.4, -0.2) is 35.5 Å². The lowest BCUT2D eigenvalue weighted by Gasteiger charge is -2.33. The summed E-state index contributed by atoms with van der Waals surface area (Å²) in [7, 11) is -3.83. The van der Waals surface area contributed by atoms with Gasteiger partial charge in [0.2, 0.25) is 10.0 Å². The van der Waals surface area contributed by atoms with Crippen molar-refractivity contribution in [3.63, 3.8) is 0 Å². The molecule has 1 aromatic heterocycles. The summed E-state index contributed by atoms with van der Waals surface area (Å²) in [5.41, 5.74) is 2.82. The average Bonchev–Trinajstić information content (AvgIpc) is 2.98. The van der Waals surface area contributed by atoms with Crippen LogP contribution in [0.4, 0.5) is 4.39 Å². The van der Waals surface area contributed by atoms with Crippen LogP contribution < -0.4 is 0 Å². The molecule has 0 amide bonds. The van der Waals surface area contributed by atoms with Crippen LogP contribution in [0.3, 0.4) is 0 Å². The number of fused-ring (bicyclic) bond motifs is 3. The molecule has 1 atom stereocenters. The number of rotatable bonds is 3. The van der Waals surface area contributed by atoms with E-state index in [2.05, 4.69) is 4.98 Å². The first-order valence-electron chi connectivity index (χ1n) is 7.97. The molecule has 25 heavy (non-hydrogen) atoms. The lowest BCUT2D eigenvalue weighted by Crippen LogP contribution is -2.46. The number of aromatic amines is 1. The maximum atomic E-state index is 13.1. The molecule has 3 aromatic rings. The molecule has 4 rings (SSSR count). The zero-order valence-electron chi connectivity index (χ0n) is 13.3. The SMILES string of the molecule is O=S(=O)(c1ccc(F)cc1)N1Cc2[nH]c3ccccc3c2CC1CO. The van der Waals surface area contributed by atoms with E-state index in [1.165, 1.54) is 16.4 Å². The summed E-state index contributed by atoms with van der Waals surface area (Å²) in [5.74, 6) is -0.491. The molecule has 0 bridgehead atoms. The van der Waals surface area contributed by atoms with Crippen molar-refractivity contribution in [3.8, 4) is 0 Å². The Morgan fingerprint density at radius 2 is 1.88 bits per heavy atom. The van der Waals surface area contributed by atoms with Gasteiger partial charge in [-0.2, -0.15) is 4.31 Å². The summed E-state index contributed by atoms with van der Waals surface area (Å²) in [6.07, 6.45) is 0.427. The van der Waals surface area contributed by atoms with Crippen LogP contribution in [0.1, 0.15) is 11.3 Å². The molecule has 0 fully saturated rings. The Balaban J connectivity index is 1.78. The molecule has 0 aliphatic carbocycles. The first-order valence-corrected chi connectivity index (χ1v) is 9.41. The zero-order chi connectivity index (χ0) is 17.6. The minimum Gasteiger partial charge on any atom is -0.395 e. The van der Waals surface area contributed by atoms with Gasteiger partial charge < -0.3 is 10.1 Å². The Morgan fingerprint density at radius 1 is 1.16 bits per heavy atom. The van der Waals surface area contributed by atoms with Gasteiger partial charge in [-0.1, -0.05) is 18.2 Å². The third kappa shape index (κ3) is 2.64. The number of hydrogen-bond acceptors (Lipinski definition) is 3. The van der Waals surface area contributed by atoms with Crippen molar-refractivity contribution in [2.45, 2.75) is 23.9 Å². The monoisotopic (exact) mass is 360 g/mol. The first kappa shape index (κ1) is 16.3. The lowest BCUT2D eigenvalue weighted by molar-refractivity contribution is 0.173. The van der Waals surface area contributed by atoms with Gasteiger partial charge in [0.05, 0.1) is 24.1 Å². The number of aromatic nitrogens is 1. The molecule has 2 aromatic carbocycles. The van der Waals surface area contributed by atoms with E-state index in [4.69, 9.17) is 0 Å². The van der Waals surface area contributed by atoms with E-state index in [-0.39, 0.29) is 18.0 Å². The summed E-state index contributed by atoms with van der Waals surface area (Å²) in [5, 5.41) is 10.8. The first-order chi connectivity index (χ1) is 12.0. The van der Waals surface area contributed by atoms with E-state index in [1.807, 2.05) is 24.3 Å².